The van der Waals surface area contributed by atoms with Gasteiger partial charge in [-0.3, -0.25) is 0 Å². The number of nitrogens with zero attached hydrogens (tertiary/aromatic N) is 1. The largest absolute Gasteiger partial charge is 0.478 e. The third-order valence-corrected chi connectivity index (χ3v) is 4.84. The van der Waals surface area contributed by atoms with Crippen molar-refractivity contribution < 1.29 is 24.2 Å². The molecule has 2 atom stereocenters. The molecule has 1 aliphatic rings. The number of piperidine rings is 1. The molecule has 28 heavy (non-hydrogen) atoms. The number of carboxylic acids is 1. The highest BCUT2D eigenvalue weighted by Gasteiger charge is 2.31. The van der Waals surface area contributed by atoms with E-state index in [2.05, 4.69) is 10.2 Å². The van der Waals surface area contributed by atoms with E-state index in [-0.39, 0.29) is 24.3 Å². The number of ether oxygens (including phenoxy) is 2. The molecule has 1 amide bonds. The van der Waals surface area contributed by atoms with Crippen molar-refractivity contribution in [3.8, 4) is 0 Å². The monoisotopic (exact) mass is 384 g/mol. The van der Waals surface area contributed by atoms with Crippen LogP contribution in [-0.2, 0) is 16.1 Å². The smallest absolute Gasteiger partial charge is 0.407 e. The minimum atomic E-state index is -0.956. The van der Waals surface area contributed by atoms with Crippen molar-refractivity contribution in [1.82, 2.24) is 5.32 Å². The third kappa shape index (κ3) is 5.01. The van der Waals surface area contributed by atoms with Crippen LogP contribution in [0.5, 0.6) is 0 Å². The maximum absolute atomic E-state index is 12.1. The average molecular weight is 384 g/mol. The Morgan fingerprint density at radius 2 is 1.96 bits per heavy atom. The Bertz CT molecular complexity index is 811. The maximum atomic E-state index is 12.1. The summed E-state index contributed by atoms with van der Waals surface area (Å²) >= 11 is 0. The van der Waals surface area contributed by atoms with Crippen molar-refractivity contribution in [3.05, 3.63) is 65.7 Å². The summed E-state index contributed by atoms with van der Waals surface area (Å²) < 4.78 is 10.9. The molecule has 1 heterocycles. The van der Waals surface area contributed by atoms with E-state index in [4.69, 9.17) is 9.47 Å². The number of amides is 1. The van der Waals surface area contributed by atoms with Gasteiger partial charge in [-0.25, -0.2) is 9.59 Å². The molecule has 1 saturated heterocycles. The zero-order chi connectivity index (χ0) is 19.9. The first-order valence-electron chi connectivity index (χ1n) is 9.15. The number of hydrogen-bond acceptors (Lipinski definition) is 5. The van der Waals surface area contributed by atoms with Crippen LogP contribution >= 0.6 is 0 Å². The molecular weight excluding hydrogens is 360 g/mol. The summed E-state index contributed by atoms with van der Waals surface area (Å²) in [4.78, 5) is 25.4. The van der Waals surface area contributed by atoms with E-state index >= 15 is 0 Å². The molecule has 2 aromatic rings. The van der Waals surface area contributed by atoms with Crippen molar-refractivity contribution in [2.24, 2.45) is 0 Å². The van der Waals surface area contributed by atoms with Crippen LogP contribution in [0.3, 0.4) is 0 Å². The predicted octanol–water partition coefficient (Wildman–Crippen LogP) is 2.90. The molecule has 1 fully saturated rings. The summed E-state index contributed by atoms with van der Waals surface area (Å²) in [7, 11) is 1.60. The predicted molar refractivity (Wildman–Crippen MR) is 105 cm³/mol. The van der Waals surface area contributed by atoms with Gasteiger partial charge in [-0.2, -0.15) is 0 Å². The topological polar surface area (TPSA) is 88.1 Å². The first-order chi connectivity index (χ1) is 13.6. The van der Waals surface area contributed by atoms with E-state index in [1.807, 2.05) is 36.4 Å². The SMILES string of the molecule is COC1CN(c2cccc(C(=O)O)c2)CCC1NC(=O)OCc1ccccc1. The summed E-state index contributed by atoms with van der Waals surface area (Å²) in [6.45, 7) is 1.43. The molecule has 3 rings (SSSR count). The first kappa shape index (κ1) is 19.7. The number of methoxy groups -OCH3 is 1. The number of hydrogen-bond donors (Lipinski definition) is 2. The molecule has 0 bridgehead atoms. The van der Waals surface area contributed by atoms with Crippen LogP contribution in [-0.4, -0.2) is 49.5 Å². The molecule has 7 nitrogen and oxygen atoms in total. The zero-order valence-electron chi connectivity index (χ0n) is 15.7. The molecule has 2 aromatic carbocycles. The Hall–Kier alpha value is -3.06. The van der Waals surface area contributed by atoms with Crippen molar-refractivity contribution in [2.75, 3.05) is 25.1 Å². The normalized spacial score (nSPS) is 19.1. The molecule has 2 N–H and O–H groups in total. The quantitative estimate of drug-likeness (QED) is 0.796. The van der Waals surface area contributed by atoms with Gasteiger partial charge in [0.1, 0.15) is 6.61 Å². The Labute approximate surface area is 163 Å². The lowest BCUT2D eigenvalue weighted by molar-refractivity contribution is 0.0546. The Morgan fingerprint density at radius 3 is 2.68 bits per heavy atom. The van der Waals surface area contributed by atoms with Crippen molar-refractivity contribution in [1.29, 1.82) is 0 Å². The molecule has 148 valence electrons. The number of alkyl carbamates (subject to hydrolysis) is 1. The summed E-state index contributed by atoms with van der Waals surface area (Å²) in [5, 5.41) is 12.1. The fourth-order valence-corrected chi connectivity index (χ4v) is 3.31. The summed E-state index contributed by atoms with van der Waals surface area (Å²) in [6, 6.07) is 16.1. The number of benzene rings is 2. The Morgan fingerprint density at radius 1 is 1.18 bits per heavy atom. The number of carbonyl (C=O) groups is 2. The standard InChI is InChI=1S/C21H24N2O5/c1-27-19-13-23(17-9-5-8-16(12-17)20(24)25)11-10-18(19)22-21(26)28-14-15-6-3-2-4-7-15/h2-9,12,18-19H,10-11,13-14H2,1H3,(H,22,26)(H,24,25). The molecule has 0 aromatic heterocycles. The molecule has 7 heteroatoms. The minimum absolute atomic E-state index is 0.174. The highest BCUT2D eigenvalue weighted by Crippen LogP contribution is 2.23. The second kappa shape index (κ2) is 9.23. The van der Waals surface area contributed by atoms with Crippen molar-refractivity contribution in [3.63, 3.8) is 0 Å². The van der Waals surface area contributed by atoms with E-state index in [1.165, 1.54) is 0 Å². The zero-order valence-corrected chi connectivity index (χ0v) is 15.7. The van der Waals surface area contributed by atoms with Crippen molar-refractivity contribution in [2.45, 2.75) is 25.2 Å². The maximum Gasteiger partial charge on any atom is 0.407 e. The Kier molecular flexibility index (Phi) is 6.49. The lowest BCUT2D eigenvalue weighted by Crippen LogP contribution is -2.55. The Balaban J connectivity index is 1.56. The molecule has 0 radical (unpaired) electrons. The van der Waals surface area contributed by atoms with E-state index in [9.17, 15) is 14.7 Å². The van der Waals surface area contributed by atoms with Crippen LogP contribution in [0.1, 0.15) is 22.3 Å². The van der Waals surface area contributed by atoms with Crippen LogP contribution in [0, 0.1) is 0 Å². The van der Waals surface area contributed by atoms with Gasteiger partial charge < -0.3 is 24.8 Å². The van der Waals surface area contributed by atoms with E-state index in [0.29, 0.717) is 19.5 Å². The van der Waals surface area contributed by atoms with Gasteiger partial charge in [-0.15, -0.1) is 0 Å². The van der Waals surface area contributed by atoms with Gasteiger partial charge in [0.15, 0.2) is 0 Å². The lowest BCUT2D eigenvalue weighted by Gasteiger charge is -2.39. The van der Waals surface area contributed by atoms with Gasteiger partial charge in [0.2, 0.25) is 0 Å². The van der Waals surface area contributed by atoms with E-state index in [0.717, 1.165) is 11.3 Å². The first-order valence-corrected chi connectivity index (χ1v) is 9.15. The second-order valence-electron chi connectivity index (χ2n) is 6.68. The fraction of sp³-hybridized carbons (Fsp3) is 0.333. The number of anilines is 1. The highest BCUT2D eigenvalue weighted by molar-refractivity contribution is 5.88. The molecule has 0 saturated carbocycles. The number of nitrogens with one attached hydrogen (secondary N) is 1. The van der Waals surface area contributed by atoms with Gasteiger partial charge in [0.25, 0.3) is 0 Å². The number of carboxylic acid groups (broad SMARTS) is 1. The van der Waals surface area contributed by atoms with Gasteiger partial charge >= 0.3 is 12.1 Å². The molecule has 0 spiro atoms. The van der Waals surface area contributed by atoms with Crippen LogP contribution in [0.2, 0.25) is 0 Å². The number of rotatable bonds is 6. The van der Waals surface area contributed by atoms with Gasteiger partial charge in [-0.1, -0.05) is 36.4 Å². The van der Waals surface area contributed by atoms with Crippen LogP contribution < -0.4 is 10.2 Å². The number of aromatic carboxylic acids is 1. The average Bonchev–Trinajstić information content (AvgIpc) is 2.73. The van der Waals surface area contributed by atoms with E-state index < -0.39 is 12.1 Å². The minimum Gasteiger partial charge on any atom is -0.478 e. The number of carbonyl (C=O) groups excluding carboxylic acids is 1. The van der Waals surface area contributed by atoms with Crippen LogP contribution in [0.25, 0.3) is 0 Å². The van der Waals surface area contributed by atoms with E-state index in [1.54, 1.807) is 25.3 Å². The molecule has 2 unspecified atom stereocenters. The van der Waals surface area contributed by atoms with Gasteiger partial charge in [0, 0.05) is 25.9 Å². The summed E-state index contributed by atoms with van der Waals surface area (Å²) in [5.41, 5.74) is 2.00. The van der Waals surface area contributed by atoms with Crippen LogP contribution in [0.4, 0.5) is 10.5 Å². The third-order valence-electron chi connectivity index (χ3n) is 4.84. The second-order valence-corrected chi connectivity index (χ2v) is 6.68. The highest BCUT2D eigenvalue weighted by atomic mass is 16.5. The fourth-order valence-electron chi connectivity index (χ4n) is 3.31. The van der Waals surface area contributed by atoms with Crippen molar-refractivity contribution >= 4 is 17.7 Å². The summed E-state index contributed by atoms with van der Waals surface area (Å²) in [6.07, 6.45) is -0.0419. The molecule has 1 aliphatic heterocycles. The molecular formula is C21H24N2O5. The summed E-state index contributed by atoms with van der Waals surface area (Å²) in [5.74, 6) is -0.956. The van der Waals surface area contributed by atoms with Gasteiger partial charge in [0.05, 0.1) is 17.7 Å². The lowest BCUT2D eigenvalue weighted by atomic mass is 10.0. The van der Waals surface area contributed by atoms with Gasteiger partial charge in [-0.05, 0) is 30.2 Å². The van der Waals surface area contributed by atoms with Crippen LogP contribution in [0.15, 0.2) is 54.6 Å². The molecule has 0 aliphatic carbocycles.